The number of rotatable bonds is 0. The Morgan fingerprint density at radius 1 is 1.23 bits per heavy atom. The fraction of sp³-hybridized carbons (Fsp3) is 0. The van der Waals surface area contributed by atoms with E-state index in [4.69, 9.17) is 10.7 Å². The molecule has 0 radical (unpaired) electrons. The van der Waals surface area contributed by atoms with E-state index in [-0.39, 0.29) is 0 Å². The van der Waals surface area contributed by atoms with Gasteiger partial charge in [0.1, 0.15) is 0 Å². The molecule has 0 aliphatic rings. The second kappa shape index (κ2) is 4.14. The molecule has 0 N–H and O–H groups in total. The lowest BCUT2D eigenvalue weighted by atomic mass is 10.2. The van der Waals surface area contributed by atoms with Crippen molar-refractivity contribution in [3.63, 3.8) is 0 Å². The molecule has 0 saturated carbocycles. The van der Waals surface area contributed by atoms with Gasteiger partial charge in [0.2, 0.25) is 0 Å². The molecule has 0 atom stereocenters. The van der Waals surface area contributed by atoms with Gasteiger partial charge in [-0.25, -0.2) is 0 Å². The van der Waals surface area contributed by atoms with E-state index in [9.17, 15) is 8.42 Å². The zero-order valence-electron chi connectivity index (χ0n) is 6.29. The predicted octanol–water partition coefficient (Wildman–Crippen LogP) is 2.33. The van der Waals surface area contributed by atoms with Crippen LogP contribution in [0.15, 0.2) is 28.7 Å². The Morgan fingerprint density at radius 2 is 1.77 bits per heavy atom. The molecule has 0 amide bonds. The zero-order chi connectivity index (χ0) is 9.90. The number of hydrogen-bond acceptors (Lipinski definition) is 2. The van der Waals surface area contributed by atoms with Crippen molar-refractivity contribution >= 4 is 35.7 Å². The molecule has 0 spiro atoms. The normalized spacial score (nSPS) is 10.3. The minimum atomic E-state index is -3.73. The maximum atomic E-state index is 10.5. The minimum absolute atomic E-state index is 0.604. The van der Waals surface area contributed by atoms with Crippen LogP contribution in [0.4, 0.5) is 0 Å². The van der Waals surface area contributed by atoms with Crippen molar-refractivity contribution in [1.82, 2.24) is 0 Å². The summed E-state index contributed by atoms with van der Waals surface area (Å²) in [5, 5.41) is 1.93. The van der Waals surface area contributed by atoms with Crippen LogP contribution in [0.25, 0.3) is 0 Å². The van der Waals surface area contributed by atoms with E-state index < -0.39 is 9.05 Å². The first kappa shape index (κ1) is 10.6. The van der Waals surface area contributed by atoms with Gasteiger partial charge in [0.05, 0.1) is 0 Å². The summed E-state index contributed by atoms with van der Waals surface area (Å²) in [6, 6.07) is 6.92. The summed E-state index contributed by atoms with van der Waals surface area (Å²) in [7, 11) is 1.17. The molecular formula is C8H4BrClO2S. The van der Waals surface area contributed by atoms with E-state index in [0.717, 1.165) is 4.47 Å². The first-order valence-electron chi connectivity index (χ1n) is 3.20. The molecule has 0 heterocycles. The van der Waals surface area contributed by atoms with Crippen LogP contribution in [0.2, 0.25) is 0 Å². The fourth-order valence-corrected chi connectivity index (χ4v) is 1.27. The van der Waals surface area contributed by atoms with Gasteiger partial charge in [0.25, 0.3) is 0 Å². The van der Waals surface area contributed by atoms with Crippen LogP contribution in [-0.4, -0.2) is 8.42 Å². The Balaban J connectivity index is 2.98. The zero-order valence-corrected chi connectivity index (χ0v) is 9.45. The Kier molecular flexibility index (Phi) is 3.37. The number of benzene rings is 1. The highest BCUT2D eigenvalue weighted by atomic mass is 79.9. The average Bonchev–Trinajstić information content (AvgIpc) is 2.02. The Hall–Kier alpha value is -0.500. The minimum Gasteiger partial charge on any atom is -0.198 e. The van der Waals surface area contributed by atoms with Gasteiger partial charge in [-0.15, -0.1) is 0 Å². The van der Waals surface area contributed by atoms with Gasteiger partial charge in [0.15, 0.2) is 0 Å². The SMILES string of the molecule is O=S(=O)(Cl)C#Cc1ccc(Br)cc1. The summed E-state index contributed by atoms with van der Waals surface area (Å²) in [5.41, 5.74) is 0.604. The Bertz CT molecular complexity index is 453. The van der Waals surface area contributed by atoms with E-state index in [1.807, 2.05) is 5.25 Å². The van der Waals surface area contributed by atoms with Crippen molar-refractivity contribution in [1.29, 1.82) is 0 Å². The van der Waals surface area contributed by atoms with Crippen LogP contribution in [0.1, 0.15) is 5.56 Å². The third-order valence-electron chi connectivity index (χ3n) is 1.16. The molecule has 0 bridgehead atoms. The molecule has 0 fully saturated rings. The van der Waals surface area contributed by atoms with Gasteiger partial charge < -0.3 is 0 Å². The predicted molar refractivity (Wildman–Crippen MR) is 55.8 cm³/mol. The molecule has 1 aromatic rings. The van der Waals surface area contributed by atoms with Crippen molar-refractivity contribution in [2.45, 2.75) is 0 Å². The van der Waals surface area contributed by atoms with Gasteiger partial charge in [-0.05, 0) is 30.2 Å². The van der Waals surface area contributed by atoms with Crippen molar-refractivity contribution in [2.24, 2.45) is 0 Å². The average molecular weight is 280 g/mol. The van der Waals surface area contributed by atoms with Gasteiger partial charge in [-0.1, -0.05) is 15.9 Å². The molecular weight excluding hydrogens is 276 g/mol. The standard InChI is InChI=1S/C8H4BrClO2S/c9-8-3-1-7(2-4-8)5-6-13(10,11)12/h1-4H. The van der Waals surface area contributed by atoms with Crippen LogP contribution >= 0.6 is 26.6 Å². The summed E-state index contributed by atoms with van der Waals surface area (Å²) in [5.74, 6) is 2.42. The molecule has 13 heavy (non-hydrogen) atoms. The van der Waals surface area contributed by atoms with E-state index >= 15 is 0 Å². The first-order valence-corrected chi connectivity index (χ1v) is 6.30. The maximum absolute atomic E-state index is 10.5. The van der Waals surface area contributed by atoms with Crippen LogP contribution < -0.4 is 0 Å². The topological polar surface area (TPSA) is 34.1 Å². The van der Waals surface area contributed by atoms with E-state index in [0.29, 0.717) is 5.56 Å². The maximum Gasteiger partial charge on any atom is 0.301 e. The Morgan fingerprint density at radius 3 is 2.23 bits per heavy atom. The largest absolute Gasteiger partial charge is 0.301 e. The molecule has 68 valence electrons. The van der Waals surface area contributed by atoms with Crippen LogP contribution in [0, 0.1) is 11.2 Å². The summed E-state index contributed by atoms with van der Waals surface area (Å²) < 4.78 is 21.8. The highest BCUT2D eigenvalue weighted by Crippen LogP contribution is 2.09. The smallest absolute Gasteiger partial charge is 0.198 e. The van der Waals surface area contributed by atoms with Gasteiger partial charge in [-0.2, -0.15) is 8.42 Å². The monoisotopic (exact) mass is 278 g/mol. The third-order valence-corrected chi connectivity index (χ3v) is 2.27. The fourth-order valence-electron chi connectivity index (χ4n) is 0.653. The summed E-state index contributed by atoms with van der Waals surface area (Å²) in [4.78, 5) is 0. The highest BCUT2D eigenvalue weighted by Gasteiger charge is 1.95. The lowest BCUT2D eigenvalue weighted by Gasteiger charge is -1.89. The van der Waals surface area contributed by atoms with Crippen LogP contribution in [0.5, 0.6) is 0 Å². The number of halogens is 2. The lowest BCUT2D eigenvalue weighted by Crippen LogP contribution is -1.80. The molecule has 0 aliphatic heterocycles. The van der Waals surface area contributed by atoms with E-state index in [1.54, 1.807) is 24.3 Å². The molecule has 1 aromatic carbocycles. The molecule has 5 heteroatoms. The highest BCUT2D eigenvalue weighted by molar-refractivity contribution is 9.10. The second-order valence-electron chi connectivity index (χ2n) is 2.17. The molecule has 0 saturated heterocycles. The summed E-state index contributed by atoms with van der Waals surface area (Å²) in [6.07, 6.45) is 0. The quantitative estimate of drug-likeness (QED) is 0.539. The molecule has 1 rings (SSSR count). The molecule has 0 unspecified atom stereocenters. The van der Waals surface area contributed by atoms with Crippen LogP contribution in [0.3, 0.4) is 0 Å². The van der Waals surface area contributed by atoms with Gasteiger partial charge >= 0.3 is 9.05 Å². The van der Waals surface area contributed by atoms with Crippen molar-refractivity contribution < 1.29 is 8.42 Å². The summed E-state index contributed by atoms with van der Waals surface area (Å²) >= 11 is 3.24. The van der Waals surface area contributed by atoms with Gasteiger partial charge in [-0.3, -0.25) is 0 Å². The molecule has 0 aliphatic carbocycles. The second-order valence-corrected chi connectivity index (χ2v) is 5.39. The van der Waals surface area contributed by atoms with E-state index in [1.165, 1.54) is 0 Å². The van der Waals surface area contributed by atoms with E-state index in [2.05, 4.69) is 21.9 Å². The lowest BCUT2D eigenvalue weighted by molar-refractivity contribution is 0.618. The van der Waals surface area contributed by atoms with Crippen molar-refractivity contribution in [2.75, 3.05) is 0 Å². The van der Waals surface area contributed by atoms with Crippen molar-refractivity contribution in [3.05, 3.63) is 34.3 Å². The summed E-state index contributed by atoms with van der Waals surface area (Å²) in [6.45, 7) is 0. The third kappa shape index (κ3) is 4.32. The first-order chi connectivity index (χ1) is 5.97. The van der Waals surface area contributed by atoms with Gasteiger partial charge in [0, 0.05) is 26.0 Å². The Labute approximate surface area is 89.5 Å². The van der Waals surface area contributed by atoms with Crippen LogP contribution in [-0.2, 0) is 9.05 Å². The molecule has 0 aromatic heterocycles. The number of hydrogen-bond donors (Lipinski definition) is 0. The van der Waals surface area contributed by atoms with Crippen molar-refractivity contribution in [3.8, 4) is 11.2 Å². The molecule has 2 nitrogen and oxygen atoms in total.